The lowest BCUT2D eigenvalue weighted by molar-refractivity contribution is 0.0632. The van der Waals surface area contributed by atoms with E-state index < -0.39 is 0 Å². The number of benzene rings is 1. The van der Waals surface area contributed by atoms with Crippen LogP contribution in [0.25, 0.3) is 0 Å². The molecule has 5 rings (SSSR count). The fourth-order valence-corrected chi connectivity index (χ4v) is 5.32. The summed E-state index contributed by atoms with van der Waals surface area (Å²) < 4.78 is 4.24. The molecule has 2 atom stereocenters. The number of nitrogens with zero attached hydrogens (tertiary/aromatic N) is 2. The van der Waals surface area contributed by atoms with Gasteiger partial charge in [-0.05, 0) is 54.7 Å². The Morgan fingerprint density at radius 1 is 1.12 bits per heavy atom. The highest BCUT2D eigenvalue weighted by Gasteiger charge is 2.69. The molecule has 1 aromatic heterocycles. The molecule has 1 aliphatic carbocycles. The molecular weight excluding hydrogens is 346 g/mol. The van der Waals surface area contributed by atoms with Crippen molar-refractivity contribution in [2.75, 3.05) is 19.6 Å². The molecule has 2 amide bonds. The van der Waals surface area contributed by atoms with Gasteiger partial charge in [0.25, 0.3) is 11.8 Å². The number of carbonyl (C=O) groups excluding carboxylic acids is 2. The van der Waals surface area contributed by atoms with Crippen molar-refractivity contribution in [2.24, 2.45) is 11.8 Å². The van der Waals surface area contributed by atoms with Gasteiger partial charge in [0.1, 0.15) is 0 Å². The average Bonchev–Trinajstić information content (AvgIpc) is 3.10. The Bertz CT molecular complexity index is 778. The van der Waals surface area contributed by atoms with Gasteiger partial charge in [0.15, 0.2) is 0 Å². The summed E-state index contributed by atoms with van der Waals surface area (Å²) in [6.45, 7) is 2.37. The number of fused-ring (bicyclic) bond motifs is 2. The van der Waals surface area contributed by atoms with Crippen LogP contribution in [0.5, 0.6) is 0 Å². The summed E-state index contributed by atoms with van der Waals surface area (Å²) in [5.74, 6) is 0.666. The number of piperidine rings is 1. The van der Waals surface area contributed by atoms with E-state index in [1.807, 2.05) is 24.4 Å². The van der Waals surface area contributed by atoms with Gasteiger partial charge in [0, 0.05) is 23.0 Å². The van der Waals surface area contributed by atoms with Crippen molar-refractivity contribution in [3.63, 3.8) is 0 Å². The molecule has 124 valence electrons. The molecule has 0 radical (unpaired) electrons. The molecule has 5 nitrogen and oxygen atoms in total. The van der Waals surface area contributed by atoms with E-state index in [0.29, 0.717) is 29.5 Å². The number of amides is 2. The fraction of sp³-hybridized carbons (Fsp3) is 0.353. The van der Waals surface area contributed by atoms with Crippen LogP contribution in [-0.2, 0) is 5.41 Å². The second kappa shape index (κ2) is 5.37. The zero-order valence-corrected chi connectivity index (χ0v) is 14.4. The van der Waals surface area contributed by atoms with Crippen molar-refractivity contribution in [2.45, 2.75) is 5.41 Å². The van der Waals surface area contributed by atoms with Gasteiger partial charge in [-0.2, -0.15) is 0 Å². The minimum atomic E-state index is -0.160. The van der Waals surface area contributed by atoms with E-state index in [-0.39, 0.29) is 29.6 Å². The third kappa shape index (κ3) is 1.87. The van der Waals surface area contributed by atoms with Gasteiger partial charge in [0.2, 0.25) is 0 Å². The molecule has 1 aromatic carbocycles. The summed E-state index contributed by atoms with van der Waals surface area (Å²) >= 11 is 1.49. The number of hydrogen-bond donors (Lipinski definition) is 1. The molecular formula is C17H16ClN3O2S. The van der Waals surface area contributed by atoms with Crippen LogP contribution in [0.4, 0.5) is 0 Å². The number of carbonyl (C=O) groups is 2. The molecule has 0 spiro atoms. The van der Waals surface area contributed by atoms with Gasteiger partial charge in [-0.25, -0.2) is 4.37 Å². The summed E-state index contributed by atoms with van der Waals surface area (Å²) in [6, 6.07) is 9.14. The highest BCUT2D eigenvalue weighted by atomic mass is 35.5. The van der Waals surface area contributed by atoms with Crippen LogP contribution in [0.15, 0.2) is 36.5 Å². The van der Waals surface area contributed by atoms with Crippen LogP contribution < -0.4 is 5.32 Å². The van der Waals surface area contributed by atoms with E-state index in [2.05, 4.69) is 9.69 Å². The van der Waals surface area contributed by atoms with Crippen LogP contribution in [0, 0.1) is 11.8 Å². The highest BCUT2D eigenvalue weighted by molar-refractivity contribution is 7.06. The predicted molar refractivity (Wildman–Crippen MR) is 92.7 cm³/mol. The van der Waals surface area contributed by atoms with Crippen molar-refractivity contribution in [3.8, 4) is 0 Å². The summed E-state index contributed by atoms with van der Waals surface area (Å²) in [5, 5.41) is 3.40. The number of hydrogen-bond acceptors (Lipinski definition) is 5. The first kappa shape index (κ1) is 15.7. The number of nitrogens with one attached hydrogen (secondary N) is 1. The van der Waals surface area contributed by atoms with E-state index in [4.69, 9.17) is 0 Å². The average molecular weight is 362 g/mol. The standard InChI is InChI=1S/C17H15N3O2S.ClH/c21-15-10-3-1-2-4-11(10)16(22)20(15)9-17(14-5-6-19-23-14)12-7-18-8-13(12)17;/h1-6,12-13,18H,7-9H2;1H. The molecule has 2 unspecified atom stereocenters. The predicted octanol–water partition coefficient (Wildman–Crippen LogP) is 1.95. The molecule has 3 heterocycles. The molecule has 1 saturated heterocycles. The Morgan fingerprint density at radius 3 is 2.29 bits per heavy atom. The minimum Gasteiger partial charge on any atom is -0.316 e. The van der Waals surface area contributed by atoms with Gasteiger partial charge < -0.3 is 5.32 Å². The lowest BCUT2D eigenvalue weighted by Crippen LogP contribution is -2.40. The number of aromatic nitrogens is 1. The maximum absolute atomic E-state index is 12.7. The second-order valence-electron chi connectivity index (χ2n) is 6.53. The van der Waals surface area contributed by atoms with Gasteiger partial charge >= 0.3 is 0 Å². The summed E-state index contributed by atoms with van der Waals surface area (Å²) in [6.07, 6.45) is 1.81. The van der Waals surface area contributed by atoms with Crippen molar-refractivity contribution in [1.82, 2.24) is 14.6 Å². The van der Waals surface area contributed by atoms with E-state index in [9.17, 15) is 9.59 Å². The van der Waals surface area contributed by atoms with E-state index in [0.717, 1.165) is 13.1 Å². The molecule has 2 aromatic rings. The van der Waals surface area contributed by atoms with E-state index >= 15 is 0 Å². The molecule has 7 heteroatoms. The van der Waals surface area contributed by atoms with Crippen LogP contribution in [-0.4, -0.2) is 40.7 Å². The maximum Gasteiger partial charge on any atom is 0.261 e. The van der Waals surface area contributed by atoms with E-state index in [1.165, 1.54) is 21.3 Å². The molecule has 2 aliphatic heterocycles. The molecule has 2 fully saturated rings. The van der Waals surface area contributed by atoms with Gasteiger partial charge in [-0.15, -0.1) is 12.4 Å². The smallest absolute Gasteiger partial charge is 0.261 e. The van der Waals surface area contributed by atoms with Gasteiger partial charge in [-0.3, -0.25) is 14.5 Å². The first-order valence-corrected chi connectivity index (χ1v) is 8.58. The summed E-state index contributed by atoms with van der Waals surface area (Å²) in [4.78, 5) is 28.0. The minimum absolute atomic E-state index is 0. The number of imide groups is 1. The third-order valence-corrected chi connectivity index (χ3v) is 6.56. The highest BCUT2D eigenvalue weighted by Crippen LogP contribution is 2.63. The largest absolute Gasteiger partial charge is 0.316 e. The second-order valence-corrected chi connectivity index (χ2v) is 7.36. The van der Waals surface area contributed by atoms with Crippen LogP contribution >= 0.6 is 23.9 Å². The molecule has 3 aliphatic rings. The fourth-order valence-electron chi connectivity index (χ4n) is 4.43. The normalized spacial score (nSPS) is 30.1. The molecule has 1 saturated carbocycles. The Balaban J connectivity index is 0.00000146. The van der Waals surface area contributed by atoms with Crippen molar-refractivity contribution >= 4 is 35.8 Å². The SMILES string of the molecule is Cl.O=C1c2ccccc2C(=O)N1CC1(c2ccns2)C2CNCC21. The van der Waals surface area contributed by atoms with Gasteiger partial charge in [0.05, 0.1) is 11.1 Å². The van der Waals surface area contributed by atoms with Crippen LogP contribution in [0.3, 0.4) is 0 Å². The zero-order chi connectivity index (χ0) is 15.6. The van der Waals surface area contributed by atoms with Crippen molar-refractivity contribution in [3.05, 3.63) is 52.5 Å². The molecule has 1 N–H and O–H groups in total. The number of halogens is 1. The van der Waals surface area contributed by atoms with E-state index in [1.54, 1.807) is 12.1 Å². The van der Waals surface area contributed by atoms with Crippen molar-refractivity contribution in [1.29, 1.82) is 0 Å². The lowest BCUT2D eigenvalue weighted by Gasteiger charge is -2.25. The topological polar surface area (TPSA) is 62.3 Å². The maximum atomic E-state index is 12.7. The Morgan fingerprint density at radius 2 is 1.75 bits per heavy atom. The summed E-state index contributed by atoms with van der Waals surface area (Å²) in [7, 11) is 0. The summed E-state index contributed by atoms with van der Waals surface area (Å²) in [5.41, 5.74) is 0.960. The lowest BCUT2D eigenvalue weighted by atomic mass is 9.97. The van der Waals surface area contributed by atoms with Crippen LogP contribution in [0.1, 0.15) is 25.6 Å². The first-order chi connectivity index (χ1) is 11.2. The molecule has 0 bridgehead atoms. The Labute approximate surface area is 149 Å². The number of rotatable bonds is 3. The third-order valence-electron chi connectivity index (χ3n) is 5.62. The quantitative estimate of drug-likeness (QED) is 0.849. The van der Waals surface area contributed by atoms with Crippen molar-refractivity contribution < 1.29 is 9.59 Å². The zero-order valence-electron chi connectivity index (χ0n) is 12.8. The molecule has 24 heavy (non-hydrogen) atoms. The Kier molecular flexibility index (Phi) is 3.53. The van der Waals surface area contributed by atoms with Crippen LogP contribution in [0.2, 0.25) is 0 Å². The first-order valence-electron chi connectivity index (χ1n) is 7.80. The van der Waals surface area contributed by atoms with Gasteiger partial charge in [-0.1, -0.05) is 12.1 Å². The monoisotopic (exact) mass is 361 g/mol. The Hall–Kier alpha value is -1.76.